The average Bonchev–Trinajstić information content (AvgIpc) is 3.48. The van der Waals surface area contributed by atoms with E-state index in [1.165, 1.54) is 6.08 Å². The molecular formula is C23H24Cl2O3. The third-order valence-corrected chi connectivity index (χ3v) is 5.81. The van der Waals surface area contributed by atoms with Gasteiger partial charge in [-0.3, -0.25) is 4.79 Å². The molecule has 1 N–H and O–H groups in total. The standard InChI is InChI=1S/C23H24Cl2O3/c1-5-6-19(17-10-21(24)15(4)22(25)11-17)13(2)14(3)20(16-7-8-16)9-18(12-26)23(27)28/h5-6,9-12,16H,7-8H2,1-4H3,(H,27,28)/b6-5-,18-9+,19-13+,20-14-. The molecule has 1 aromatic carbocycles. The molecule has 0 heterocycles. The summed E-state index contributed by atoms with van der Waals surface area (Å²) in [5.74, 6) is -0.936. The van der Waals surface area contributed by atoms with Gasteiger partial charge in [-0.05, 0) is 98.1 Å². The molecule has 0 unspecified atom stereocenters. The molecule has 0 aromatic heterocycles. The fourth-order valence-corrected chi connectivity index (χ4v) is 3.55. The number of benzene rings is 1. The van der Waals surface area contributed by atoms with Gasteiger partial charge in [0.1, 0.15) is 0 Å². The highest BCUT2D eigenvalue weighted by Crippen LogP contribution is 2.42. The lowest BCUT2D eigenvalue weighted by Crippen LogP contribution is -2.04. The number of carbonyl (C=O) groups excluding carboxylic acids is 1. The summed E-state index contributed by atoms with van der Waals surface area (Å²) in [5.41, 5.74) is 5.29. The number of carboxylic acid groups (broad SMARTS) is 1. The Morgan fingerprint density at radius 1 is 1.14 bits per heavy atom. The van der Waals surface area contributed by atoms with E-state index in [9.17, 15) is 14.7 Å². The Hall–Kier alpha value is -2.10. The molecule has 1 aromatic rings. The van der Waals surface area contributed by atoms with Gasteiger partial charge in [0.05, 0.1) is 5.57 Å². The maximum Gasteiger partial charge on any atom is 0.339 e. The van der Waals surface area contributed by atoms with E-state index in [1.54, 1.807) is 0 Å². The Morgan fingerprint density at radius 3 is 2.14 bits per heavy atom. The second kappa shape index (κ2) is 9.40. The van der Waals surface area contributed by atoms with Crippen LogP contribution >= 0.6 is 23.2 Å². The minimum atomic E-state index is -1.21. The van der Waals surface area contributed by atoms with Crippen molar-refractivity contribution in [2.45, 2.75) is 40.5 Å². The van der Waals surface area contributed by atoms with E-state index >= 15 is 0 Å². The van der Waals surface area contributed by atoms with Crippen molar-refractivity contribution >= 4 is 41.0 Å². The van der Waals surface area contributed by atoms with Crippen molar-refractivity contribution in [2.24, 2.45) is 5.92 Å². The number of carbonyl (C=O) groups is 2. The summed E-state index contributed by atoms with van der Waals surface area (Å²) in [6.45, 7) is 7.75. The van der Waals surface area contributed by atoms with Gasteiger partial charge in [-0.15, -0.1) is 0 Å². The van der Waals surface area contributed by atoms with Gasteiger partial charge in [-0.25, -0.2) is 4.79 Å². The third-order valence-electron chi connectivity index (χ3n) is 5.03. The van der Waals surface area contributed by atoms with Crippen LogP contribution in [0.4, 0.5) is 0 Å². The molecule has 1 saturated carbocycles. The Kier molecular flexibility index (Phi) is 7.45. The summed E-state index contributed by atoms with van der Waals surface area (Å²) >= 11 is 12.7. The first-order chi connectivity index (χ1) is 13.2. The molecule has 5 heteroatoms. The summed E-state index contributed by atoms with van der Waals surface area (Å²) in [6, 6.07) is 3.77. The summed E-state index contributed by atoms with van der Waals surface area (Å²) in [4.78, 5) is 22.4. The molecule has 0 spiro atoms. The lowest BCUT2D eigenvalue weighted by atomic mass is 9.90. The van der Waals surface area contributed by atoms with E-state index in [1.807, 2.05) is 52.0 Å². The van der Waals surface area contributed by atoms with Gasteiger partial charge in [0, 0.05) is 10.0 Å². The van der Waals surface area contributed by atoms with Crippen molar-refractivity contribution in [1.82, 2.24) is 0 Å². The Labute approximate surface area is 176 Å². The normalized spacial score (nSPS) is 16.7. The smallest absolute Gasteiger partial charge is 0.339 e. The molecule has 1 aliphatic carbocycles. The largest absolute Gasteiger partial charge is 0.478 e. The first-order valence-electron chi connectivity index (χ1n) is 9.12. The van der Waals surface area contributed by atoms with Gasteiger partial charge in [0.25, 0.3) is 0 Å². The van der Waals surface area contributed by atoms with E-state index in [4.69, 9.17) is 23.2 Å². The number of aldehydes is 1. The zero-order valence-electron chi connectivity index (χ0n) is 16.5. The number of hydrogen-bond acceptors (Lipinski definition) is 2. The molecular weight excluding hydrogens is 395 g/mol. The van der Waals surface area contributed by atoms with Crippen LogP contribution in [0.2, 0.25) is 10.0 Å². The van der Waals surface area contributed by atoms with Crippen LogP contribution in [-0.4, -0.2) is 17.4 Å². The van der Waals surface area contributed by atoms with Crippen molar-refractivity contribution in [3.63, 3.8) is 0 Å². The summed E-state index contributed by atoms with van der Waals surface area (Å²) in [7, 11) is 0. The van der Waals surface area contributed by atoms with Gasteiger partial charge < -0.3 is 5.11 Å². The highest BCUT2D eigenvalue weighted by atomic mass is 35.5. The van der Waals surface area contributed by atoms with Gasteiger partial charge in [-0.1, -0.05) is 35.4 Å². The van der Waals surface area contributed by atoms with Crippen LogP contribution < -0.4 is 0 Å². The monoisotopic (exact) mass is 418 g/mol. The first kappa shape index (κ1) is 22.2. The van der Waals surface area contributed by atoms with Crippen LogP contribution in [0.1, 0.15) is 44.7 Å². The van der Waals surface area contributed by atoms with Crippen molar-refractivity contribution in [3.05, 3.63) is 73.8 Å². The molecule has 1 aliphatic rings. The van der Waals surface area contributed by atoms with Crippen LogP contribution in [-0.2, 0) is 9.59 Å². The average molecular weight is 419 g/mol. The van der Waals surface area contributed by atoms with Gasteiger partial charge >= 0.3 is 5.97 Å². The molecule has 3 nitrogen and oxygen atoms in total. The maximum atomic E-state index is 11.3. The fourth-order valence-electron chi connectivity index (χ4n) is 3.06. The lowest BCUT2D eigenvalue weighted by Gasteiger charge is -2.15. The number of aliphatic carboxylic acids is 1. The molecule has 0 bridgehead atoms. The topological polar surface area (TPSA) is 54.4 Å². The third kappa shape index (κ3) is 5.03. The van der Waals surface area contributed by atoms with E-state index in [0.717, 1.165) is 46.3 Å². The zero-order chi connectivity index (χ0) is 21.0. The summed E-state index contributed by atoms with van der Waals surface area (Å²) < 4.78 is 0. The quantitative estimate of drug-likeness (QED) is 0.178. The predicted molar refractivity (Wildman–Crippen MR) is 116 cm³/mol. The van der Waals surface area contributed by atoms with Crippen LogP contribution in [0, 0.1) is 12.8 Å². The van der Waals surface area contributed by atoms with E-state index in [-0.39, 0.29) is 11.5 Å². The molecule has 0 radical (unpaired) electrons. The molecule has 28 heavy (non-hydrogen) atoms. The van der Waals surface area contributed by atoms with Crippen molar-refractivity contribution in [1.29, 1.82) is 0 Å². The Bertz CT molecular complexity index is 906. The summed E-state index contributed by atoms with van der Waals surface area (Å²) in [5, 5.41) is 10.4. The van der Waals surface area contributed by atoms with Crippen LogP contribution in [0.25, 0.3) is 5.57 Å². The fraction of sp³-hybridized carbons (Fsp3) is 0.304. The lowest BCUT2D eigenvalue weighted by molar-refractivity contribution is -0.133. The van der Waals surface area contributed by atoms with E-state index in [0.29, 0.717) is 16.3 Å². The van der Waals surface area contributed by atoms with Gasteiger partial charge in [0.15, 0.2) is 6.29 Å². The maximum absolute atomic E-state index is 11.3. The first-order valence-corrected chi connectivity index (χ1v) is 9.87. The number of carboxylic acids is 1. The molecule has 2 rings (SSSR count). The van der Waals surface area contributed by atoms with E-state index < -0.39 is 5.97 Å². The SMILES string of the molecule is C\C=C/C(=C(C)\C(C)=C(\C=C(/C=O)C(=O)O)C1CC1)c1cc(Cl)c(C)c(Cl)c1. The highest BCUT2D eigenvalue weighted by molar-refractivity contribution is 6.36. The van der Waals surface area contributed by atoms with Crippen molar-refractivity contribution in [2.75, 3.05) is 0 Å². The summed E-state index contributed by atoms with van der Waals surface area (Å²) in [6.07, 6.45) is 7.81. The molecule has 0 aliphatic heterocycles. The van der Waals surface area contributed by atoms with Crippen LogP contribution in [0.3, 0.4) is 0 Å². The van der Waals surface area contributed by atoms with Gasteiger partial charge in [0.2, 0.25) is 0 Å². The van der Waals surface area contributed by atoms with Gasteiger partial charge in [-0.2, -0.15) is 0 Å². The minimum Gasteiger partial charge on any atom is -0.478 e. The van der Waals surface area contributed by atoms with Crippen LogP contribution in [0.15, 0.2) is 52.7 Å². The predicted octanol–water partition coefficient (Wildman–Crippen LogP) is 6.59. The second-order valence-electron chi connectivity index (χ2n) is 6.98. The Balaban J connectivity index is 2.71. The van der Waals surface area contributed by atoms with E-state index in [2.05, 4.69) is 0 Å². The highest BCUT2D eigenvalue weighted by Gasteiger charge is 2.28. The molecule has 1 fully saturated rings. The van der Waals surface area contributed by atoms with Crippen molar-refractivity contribution in [3.8, 4) is 0 Å². The molecule has 148 valence electrons. The number of allylic oxidation sites excluding steroid dienone is 7. The second-order valence-corrected chi connectivity index (χ2v) is 7.80. The Morgan fingerprint density at radius 2 is 1.71 bits per heavy atom. The molecule has 0 amide bonds. The minimum absolute atomic E-state index is 0.233. The molecule has 0 saturated heterocycles. The van der Waals surface area contributed by atoms with Crippen LogP contribution in [0.5, 0.6) is 0 Å². The van der Waals surface area contributed by atoms with Crippen molar-refractivity contribution < 1.29 is 14.7 Å². The number of rotatable bonds is 7. The number of hydrogen-bond donors (Lipinski definition) is 1. The zero-order valence-corrected chi connectivity index (χ0v) is 18.0. The number of halogens is 2. The molecule has 0 atom stereocenters.